The number of methoxy groups -OCH3 is 2. The highest BCUT2D eigenvalue weighted by Crippen LogP contribution is 2.24. The van der Waals surface area contributed by atoms with Gasteiger partial charge in [-0.15, -0.1) is 0 Å². The lowest BCUT2D eigenvalue weighted by Crippen LogP contribution is -2.16. The molecule has 0 saturated heterocycles. The fourth-order valence-electron chi connectivity index (χ4n) is 2.14. The summed E-state index contributed by atoms with van der Waals surface area (Å²) in [7, 11) is 2.96. The van der Waals surface area contributed by atoms with Gasteiger partial charge in [0.1, 0.15) is 11.5 Å². The summed E-state index contributed by atoms with van der Waals surface area (Å²) >= 11 is 0. The second kappa shape index (κ2) is 7.97. The molecule has 0 saturated carbocycles. The van der Waals surface area contributed by atoms with Crippen LogP contribution in [0.4, 0.5) is 5.69 Å². The first-order valence-electron chi connectivity index (χ1n) is 7.39. The maximum atomic E-state index is 12.1. The third-order valence-electron chi connectivity index (χ3n) is 3.55. The third kappa shape index (κ3) is 4.07. The van der Waals surface area contributed by atoms with E-state index in [-0.39, 0.29) is 17.1 Å². The van der Waals surface area contributed by atoms with E-state index in [1.165, 1.54) is 26.4 Å². The normalized spacial score (nSPS) is 11.0. The molecule has 0 aliphatic heterocycles. The molecule has 2 rings (SSSR count). The van der Waals surface area contributed by atoms with Crippen LogP contribution in [0.25, 0.3) is 0 Å². The molecular formula is C17H17N3O6. The Morgan fingerprint density at radius 1 is 1.15 bits per heavy atom. The second-order valence-electron chi connectivity index (χ2n) is 5.18. The summed E-state index contributed by atoms with van der Waals surface area (Å²) in [6.07, 6.45) is 0. The molecule has 0 aliphatic carbocycles. The smallest absolute Gasteiger partial charge is 0.366 e. The number of nitrogens with zero attached hydrogens (tertiary/aromatic N) is 2. The molecule has 2 N–H and O–H groups in total. The van der Waals surface area contributed by atoms with Gasteiger partial charge in [0, 0.05) is 17.7 Å². The van der Waals surface area contributed by atoms with Crippen LogP contribution in [0.2, 0.25) is 0 Å². The molecule has 0 heterocycles. The first-order chi connectivity index (χ1) is 12.4. The maximum absolute atomic E-state index is 12.1. The molecule has 26 heavy (non-hydrogen) atoms. The van der Waals surface area contributed by atoms with Gasteiger partial charge in [0.2, 0.25) is 0 Å². The number of ether oxygens (including phenoxy) is 2. The van der Waals surface area contributed by atoms with Gasteiger partial charge in [0.25, 0.3) is 5.69 Å². The van der Waals surface area contributed by atoms with Crippen molar-refractivity contribution in [3.05, 3.63) is 63.2 Å². The van der Waals surface area contributed by atoms with E-state index in [4.69, 9.17) is 20.0 Å². The van der Waals surface area contributed by atoms with E-state index in [0.29, 0.717) is 22.6 Å². The van der Waals surface area contributed by atoms with E-state index in [1.807, 2.05) is 0 Å². The number of nitro benzene ring substituents is 1. The van der Waals surface area contributed by atoms with E-state index in [1.54, 1.807) is 25.1 Å². The van der Waals surface area contributed by atoms with Gasteiger partial charge in [-0.1, -0.05) is 11.2 Å². The van der Waals surface area contributed by atoms with Crippen LogP contribution in [-0.4, -0.2) is 30.9 Å². The SMILES string of the molecule is COc1ccc(C(N)=NOC(=O)c2ccc(C)c([N+](=O)[O-])c2)c(OC)c1. The van der Waals surface area contributed by atoms with Crippen LogP contribution in [-0.2, 0) is 4.84 Å². The quantitative estimate of drug-likeness (QED) is 0.276. The number of nitrogens with two attached hydrogens (primary N) is 1. The number of rotatable bonds is 6. The molecule has 0 spiro atoms. The van der Waals surface area contributed by atoms with Gasteiger partial charge < -0.3 is 20.0 Å². The van der Waals surface area contributed by atoms with Crippen molar-refractivity contribution in [1.29, 1.82) is 0 Å². The zero-order valence-electron chi connectivity index (χ0n) is 14.4. The van der Waals surface area contributed by atoms with Gasteiger partial charge in [-0.05, 0) is 25.1 Å². The molecule has 0 amide bonds. The van der Waals surface area contributed by atoms with Gasteiger partial charge in [0.05, 0.1) is 30.3 Å². The van der Waals surface area contributed by atoms with Crippen LogP contribution in [0, 0.1) is 17.0 Å². The molecule has 136 valence electrons. The van der Waals surface area contributed by atoms with Crippen LogP contribution >= 0.6 is 0 Å². The minimum Gasteiger partial charge on any atom is -0.497 e. The lowest BCUT2D eigenvalue weighted by molar-refractivity contribution is -0.385. The lowest BCUT2D eigenvalue weighted by atomic mass is 10.1. The van der Waals surface area contributed by atoms with Crippen molar-refractivity contribution in [3.63, 3.8) is 0 Å². The Hall–Kier alpha value is -3.62. The molecule has 2 aromatic rings. The van der Waals surface area contributed by atoms with Crippen LogP contribution in [0.1, 0.15) is 21.5 Å². The first kappa shape index (κ1) is 18.7. The van der Waals surface area contributed by atoms with Crippen molar-refractivity contribution in [2.75, 3.05) is 14.2 Å². The first-order valence-corrected chi connectivity index (χ1v) is 7.39. The summed E-state index contributed by atoms with van der Waals surface area (Å²) in [4.78, 5) is 27.2. The summed E-state index contributed by atoms with van der Waals surface area (Å²) in [6, 6.07) is 8.82. The largest absolute Gasteiger partial charge is 0.497 e. The second-order valence-corrected chi connectivity index (χ2v) is 5.18. The van der Waals surface area contributed by atoms with Crippen LogP contribution in [0.15, 0.2) is 41.6 Å². The fraction of sp³-hybridized carbons (Fsp3) is 0.176. The molecule has 0 unspecified atom stereocenters. The average Bonchev–Trinajstić information content (AvgIpc) is 2.65. The highest BCUT2D eigenvalue weighted by Gasteiger charge is 2.17. The highest BCUT2D eigenvalue weighted by atomic mass is 16.7. The summed E-state index contributed by atoms with van der Waals surface area (Å²) in [6.45, 7) is 1.57. The van der Waals surface area contributed by atoms with Gasteiger partial charge in [0.15, 0.2) is 5.84 Å². The van der Waals surface area contributed by atoms with Gasteiger partial charge >= 0.3 is 5.97 Å². The number of nitro groups is 1. The molecule has 0 radical (unpaired) electrons. The molecule has 0 aromatic heterocycles. The van der Waals surface area contributed by atoms with Crippen LogP contribution in [0.5, 0.6) is 11.5 Å². The van der Waals surface area contributed by atoms with Crippen molar-refractivity contribution in [1.82, 2.24) is 0 Å². The zero-order chi connectivity index (χ0) is 19.3. The Balaban J connectivity index is 2.22. The number of hydrogen-bond acceptors (Lipinski definition) is 7. The van der Waals surface area contributed by atoms with Crippen molar-refractivity contribution in [2.24, 2.45) is 10.9 Å². The topological polar surface area (TPSA) is 126 Å². The number of carbonyl (C=O) groups is 1. The Morgan fingerprint density at radius 2 is 1.88 bits per heavy atom. The molecule has 0 aliphatic rings. The third-order valence-corrected chi connectivity index (χ3v) is 3.55. The molecule has 9 nitrogen and oxygen atoms in total. The fourth-order valence-corrected chi connectivity index (χ4v) is 2.14. The lowest BCUT2D eigenvalue weighted by Gasteiger charge is -2.09. The van der Waals surface area contributed by atoms with Crippen molar-refractivity contribution in [3.8, 4) is 11.5 Å². The average molecular weight is 359 g/mol. The summed E-state index contributed by atoms with van der Waals surface area (Å²) < 4.78 is 10.3. The molecule has 2 aromatic carbocycles. The number of aryl methyl sites for hydroxylation is 1. The van der Waals surface area contributed by atoms with Crippen LogP contribution < -0.4 is 15.2 Å². The minimum atomic E-state index is -0.872. The van der Waals surface area contributed by atoms with E-state index in [9.17, 15) is 14.9 Å². The van der Waals surface area contributed by atoms with Gasteiger partial charge in [-0.3, -0.25) is 10.1 Å². The Morgan fingerprint density at radius 3 is 2.50 bits per heavy atom. The molecular weight excluding hydrogens is 342 g/mol. The maximum Gasteiger partial charge on any atom is 0.366 e. The van der Waals surface area contributed by atoms with E-state index < -0.39 is 10.9 Å². The number of amidine groups is 1. The monoisotopic (exact) mass is 359 g/mol. The Bertz CT molecular complexity index is 879. The predicted octanol–water partition coefficient (Wildman–Crippen LogP) is 2.40. The van der Waals surface area contributed by atoms with E-state index in [0.717, 1.165) is 6.07 Å². The summed E-state index contributed by atoms with van der Waals surface area (Å²) in [5, 5.41) is 14.5. The van der Waals surface area contributed by atoms with E-state index in [2.05, 4.69) is 5.16 Å². The standard InChI is InChI=1S/C17H17N3O6/c1-10-4-5-11(8-14(10)20(22)23)17(21)26-19-16(18)13-7-6-12(24-2)9-15(13)25-3/h4-9H,1-3H3,(H2,18,19). The number of benzene rings is 2. The number of carbonyl (C=O) groups excluding carboxylic acids is 1. The van der Waals surface area contributed by atoms with Crippen molar-refractivity contribution in [2.45, 2.75) is 6.92 Å². The molecule has 0 atom stereocenters. The summed E-state index contributed by atoms with van der Waals surface area (Å²) in [5.74, 6) is -0.0297. The molecule has 0 fully saturated rings. The van der Waals surface area contributed by atoms with Crippen molar-refractivity contribution >= 4 is 17.5 Å². The molecule has 0 bridgehead atoms. The van der Waals surface area contributed by atoms with Gasteiger partial charge in [-0.25, -0.2) is 4.79 Å². The predicted molar refractivity (Wildman–Crippen MR) is 93.5 cm³/mol. The number of oxime groups is 1. The zero-order valence-corrected chi connectivity index (χ0v) is 14.4. The van der Waals surface area contributed by atoms with E-state index >= 15 is 0 Å². The Kier molecular flexibility index (Phi) is 5.74. The van der Waals surface area contributed by atoms with Crippen LogP contribution in [0.3, 0.4) is 0 Å². The van der Waals surface area contributed by atoms with Crippen molar-refractivity contribution < 1.29 is 24.0 Å². The van der Waals surface area contributed by atoms with Gasteiger partial charge in [-0.2, -0.15) is 0 Å². The minimum absolute atomic E-state index is 0.0134. The number of hydrogen-bond donors (Lipinski definition) is 1. The summed E-state index contributed by atoms with van der Waals surface area (Å²) in [5.41, 5.74) is 6.46. The molecule has 9 heteroatoms. The highest BCUT2D eigenvalue weighted by molar-refractivity contribution is 6.00. The Labute approximate surface area is 149 Å².